The van der Waals surface area contributed by atoms with E-state index in [1.807, 2.05) is 30.3 Å². The molecule has 0 aliphatic carbocycles. The third-order valence-electron chi connectivity index (χ3n) is 3.67. The third kappa shape index (κ3) is 5.91. The van der Waals surface area contributed by atoms with E-state index in [2.05, 4.69) is 10.0 Å². The van der Waals surface area contributed by atoms with E-state index in [0.29, 0.717) is 13.0 Å². The van der Waals surface area contributed by atoms with Gasteiger partial charge in [0.25, 0.3) is 0 Å². The summed E-state index contributed by atoms with van der Waals surface area (Å²) >= 11 is 0. The summed E-state index contributed by atoms with van der Waals surface area (Å²) in [6.45, 7) is 0.679. The van der Waals surface area contributed by atoms with Gasteiger partial charge in [-0.3, -0.25) is 4.79 Å². The van der Waals surface area contributed by atoms with Crippen molar-refractivity contribution in [2.75, 3.05) is 18.8 Å². The van der Waals surface area contributed by atoms with E-state index in [1.54, 1.807) is 0 Å². The van der Waals surface area contributed by atoms with E-state index >= 15 is 0 Å². The maximum Gasteiger partial charge on any atom is 0.249 e. The summed E-state index contributed by atoms with van der Waals surface area (Å²) < 4.78 is 31.8. The molecule has 1 aromatic carbocycles. The molecule has 0 unspecified atom stereocenters. The summed E-state index contributed by atoms with van der Waals surface area (Å²) in [5.41, 5.74) is 6.37. The molecule has 1 aliphatic heterocycles. The van der Waals surface area contributed by atoms with E-state index < -0.39 is 16.1 Å². The number of ether oxygens (including phenoxy) is 1. The number of carbonyl (C=O) groups excluding carboxylic acids is 1. The molecule has 128 valence electrons. The van der Waals surface area contributed by atoms with Crippen LogP contribution in [0.15, 0.2) is 30.3 Å². The summed E-state index contributed by atoms with van der Waals surface area (Å²) in [5, 5.41) is 2.60. The predicted molar refractivity (Wildman–Crippen MR) is 87.0 cm³/mol. The Morgan fingerprint density at radius 2 is 2.00 bits per heavy atom. The van der Waals surface area contributed by atoms with E-state index in [1.165, 1.54) is 0 Å². The number of hydrogen-bond acceptors (Lipinski definition) is 5. The lowest BCUT2D eigenvalue weighted by molar-refractivity contribution is -0.131. The fourth-order valence-corrected chi connectivity index (χ4v) is 3.26. The van der Waals surface area contributed by atoms with Gasteiger partial charge in [-0.15, -0.1) is 0 Å². The quantitative estimate of drug-likeness (QED) is 0.603. The zero-order valence-electron chi connectivity index (χ0n) is 12.9. The Morgan fingerprint density at radius 3 is 2.65 bits per heavy atom. The molecule has 8 heteroatoms. The van der Waals surface area contributed by atoms with Crippen molar-refractivity contribution >= 4 is 15.9 Å². The molecule has 0 saturated carbocycles. The van der Waals surface area contributed by atoms with Crippen molar-refractivity contribution in [3.63, 3.8) is 0 Å². The number of rotatable bonds is 8. The van der Waals surface area contributed by atoms with E-state index in [0.717, 1.165) is 12.0 Å². The van der Waals surface area contributed by atoms with Crippen molar-refractivity contribution in [3.8, 4) is 0 Å². The second kappa shape index (κ2) is 8.39. The molecule has 1 heterocycles. The van der Waals surface area contributed by atoms with Crippen LogP contribution in [0.2, 0.25) is 0 Å². The lowest BCUT2D eigenvalue weighted by atomic mass is 10.2. The topological polar surface area (TPSA) is 111 Å². The average molecular weight is 341 g/mol. The minimum Gasteiger partial charge on any atom is -0.364 e. The highest BCUT2D eigenvalue weighted by atomic mass is 32.2. The van der Waals surface area contributed by atoms with Crippen molar-refractivity contribution in [2.24, 2.45) is 5.73 Å². The Labute approximate surface area is 136 Å². The van der Waals surface area contributed by atoms with Gasteiger partial charge in [-0.05, 0) is 18.4 Å². The summed E-state index contributed by atoms with van der Waals surface area (Å²) in [7, 11) is -3.44. The normalized spacial score (nSPS) is 21.3. The average Bonchev–Trinajstić information content (AvgIpc) is 3.03. The van der Waals surface area contributed by atoms with Crippen LogP contribution in [0.4, 0.5) is 0 Å². The molecule has 1 saturated heterocycles. The Morgan fingerprint density at radius 1 is 1.26 bits per heavy atom. The predicted octanol–water partition coefficient (Wildman–Crippen LogP) is -0.271. The Hall–Kier alpha value is -1.48. The molecule has 1 aromatic rings. The maximum absolute atomic E-state index is 11.9. The van der Waals surface area contributed by atoms with Crippen LogP contribution in [-0.4, -0.2) is 45.4 Å². The fraction of sp³-hybridized carbons (Fsp3) is 0.533. The molecule has 1 aliphatic rings. The number of hydrogen-bond donors (Lipinski definition) is 3. The highest BCUT2D eigenvalue weighted by Gasteiger charge is 2.29. The van der Waals surface area contributed by atoms with Gasteiger partial charge in [0.05, 0.1) is 11.9 Å². The van der Waals surface area contributed by atoms with Crippen molar-refractivity contribution in [1.82, 2.24) is 10.0 Å². The van der Waals surface area contributed by atoms with Crippen LogP contribution in [0, 0.1) is 0 Å². The maximum atomic E-state index is 11.9. The molecule has 0 spiro atoms. The largest absolute Gasteiger partial charge is 0.364 e. The molecule has 2 rings (SSSR count). The second-order valence-electron chi connectivity index (χ2n) is 5.48. The van der Waals surface area contributed by atoms with E-state index in [4.69, 9.17) is 10.5 Å². The lowest BCUT2D eigenvalue weighted by Crippen LogP contribution is -2.39. The number of amides is 1. The number of benzene rings is 1. The second-order valence-corrected chi connectivity index (χ2v) is 7.40. The first-order valence-corrected chi connectivity index (χ1v) is 9.30. The monoisotopic (exact) mass is 341 g/mol. The summed E-state index contributed by atoms with van der Waals surface area (Å²) in [4.78, 5) is 11.9. The molecular formula is C15H23N3O4S. The van der Waals surface area contributed by atoms with Gasteiger partial charge >= 0.3 is 0 Å². The van der Waals surface area contributed by atoms with Crippen LogP contribution in [0.3, 0.4) is 0 Å². The molecule has 1 fully saturated rings. The minimum absolute atomic E-state index is 0.0517. The molecule has 0 aromatic heterocycles. The van der Waals surface area contributed by atoms with E-state index in [-0.39, 0.29) is 30.9 Å². The molecule has 0 bridgehead atoms. The van der Waals surface area contributed by atoms with Crippen molar-refractivity contribution in [2.45, 2.75) is 31.6 Å². The summed E-state index contributed by atoms with van der Waals surface area (Å²) in [6.07, 6.45) is 0.767. The van der Waals surface area contributed by atoms with Crippen LogP contribution in [-0.2, 0) is 26.1 Å². The van der Waals surface area contributed by atoms with Crippen molar-refractivity contribution < 1.29 is 17.9 Å². The third-order valence-corrected chi connectivity index (χ3v) is 5.00. The van der Waals surface area contributed by atoms with Gasteiger partial charge in [0.15, 0.2) is 0 Å². The lowest BCUT2D eigenvalue weighted by Gasteiger charge is -2.13. The molecule has 0 radical (unpaired) electrons. The van der Waals surface area contributed by atoms with Gasteiger partial charge in [0.2, 0.25) is 15.9 Å². The van der Waals surface area contributed by atoms with Crippen LogP contribution in [0.1, 0.15) is 18.4 Å². The van der Waals surface area contributed by atoms with Crippen molar-refractivity contribution in [1.29, 1.82) is 0 Å². The smallest absolute Gasteiger partial charge is 0.249 e. The zero-order chi connectivity index (χ0) is 16.7. The first-order chi connectivity index (χ1) is 11.0. The van der Waals surface area contributed by atoms with Gasteiger partial charge in [-0.1, -0.05) is 30.3 Å². The zero-order valence-corrected chi connectivity index (χ0v) is 13.7. The van der Waals surface area contributed by atoms with Gasteiger partial charge in [0.1, 0.15) is 6.10 Å². The van der Waals surface area contributed by atoms with Crippen molar-refractivity contribution in [3.05, 3.63) is 35.9 Å². The van der Waals surface area contributed by atoms with Crippen LogP contribution in [0.5, 0.6) is 0 Å². The fourth-order valence-electron chi connectivity index (χ4n) is 2.36. The minimum atomic E-state index is -3.44. The first kappa shape index (κ1) is 17.9. The standard InChI is InChI=1S/C15H23N3O4S/c16-10-13-6-7-14(22-13)15(19)17-8-9-23(20,21)18-11-12-4-2-1-3-5-12/h1-5,13-14,18H,6-11,16H2,(H,17,19)/t13-,14+/m1/s1. The number of nitrogens with two attached hydrogens (primary N) is 1. The number of nitrogens with one attached hydrogen (secondary N) is 2. The van der Waals surface area contributed by atoms with Gasteiger partial charge in [-0.2, -0.15) is 0 Å². The molecule has 1 amide bonds. The van der Waals surface area contributed by atoms with Crippen LogP contribution in [0.25, 0.3) is 0 Å². The Bertz CT molecular complexity index is 606. The molecule has 4 N–H and O–H groups in total. The summed E-state index contributed by atoms with van der Waals surface area (Å²) in [5.74, 6) is -0.447. The van der Waals surface area contributed by atoms with Crippen LogP contribution < -0.4 is 15.8 Å². The highest BCUT2D eigenvalue weighted by Crippen LogP contribution is 2.18. The molecule has 7 nitrogen and oxygen atoms in total. The molecular weight excluding hydrogens is 318 g/mol. The van der Waals surface area contributed by atoms with E-state index in [9.17, 15) is 13.2 Å². The van der Waals surface area contributed by atoms with Gasteiger partial charge in [0, 0.05) is 19.6 Å². The molecule has 23 heavy (non-hydrogen) atoms. The Balaban J connectivity index is 1.69. The SMILES string of the molecule is NC[C@H]1CC[C@@H](C(=O)NCCS(=O)(=O)NCc2ccccc2)O1. The molecule has 2 atom stereocenters. The number of sulfonamides is 1. The van der Waals surface area contributed by atoms with Crippen LogP contribution >= 0.6 is 0 Å². The number of carbonyl (C=O) groups is 1. The Kier molecular flexibility index (Phi) is 6.52. The highest BCUT2D eigenvalue weighted by molar-refractivity contribution is 7.89. The first-order valence-electron chi connectivity index (χ1n) is 7.64. The van der Waals surface area contributed by atoms with Gasteiger partial charge < -0.3 is 15.8 Å². The van der Waals surface area contributed by atoms with Gasteiger partial charge in [-0.25, -0.2) is 13.1 Å². The summed E-state index contributed by atoms with van der Waals surface area (Å²) in [6, 6.07) is 9.25.